The van der Waals surface area contributed by atoms with Gasteiger partial charge in [-0.2, -0.15) is 0 Å². The fraction of sp³-hybridized carbons (Fsp3) is 0.517. The Morgan fingerprint density at radius 3 is 2.20 bits per heavy atom. The van der Waals surface area contributed by atoms with Gasteiger partial charge in [0.1, 0.15) is 12.4 Å². The topological polar surface area (TPSA) is 40.6 Å². The number of rotatable bonds is 9. The van der Waals surface area contributed by atoms with Crippen LogP contribution in [0.1, 0.15) is 54.5 Å². The van der Waals surface area contributed by atoms with Gasteiger partial charge in [-0.15, -0.1) is 17.9 Å². The second kappa shape index (κ2) is 9.88. The van der Waals surface area contributed by atoms with E-state index in [1.807, 2.05) is 12.3 Å². The summed E-state index contributed by atoms with van der Waals surface area (Å²) in [7, 11) is 0. The lowest BCUT2D eigenvalue weighted by atomic mass is 9.49. The van der Waals surface area contributed by atoms with Crippen LogP contribution >= 0.6 is 11.3 Å². The molecular formula is C29H35FN2O2S. The van der Waals surface area contributed by atoms with Gasteiger partial charge in [0, 0.05) is 18.0 Å². The SMILES string of the molecule is C=CCN(CC(=O)N(Cc1ccc(F)cc1)Cc1sccc1C)C(=O)C12CC3CC(CC(C3)C1)C2. The number of benzene rings is 1. The molecule has 0 saturated heterocycles. The molecule has 4 fully saturated rings. The van der Waals surface area contributed by atoms with Gasteiger partial charge in [0.2, 0.25) is 11.8 Å². The first-order chi connectivity index (χ1) is 16.8. The van der Waals surface area contributed by atoms with Gasteiger partial charge in [0.25, 0.3) is 0 Å². The van der Waals surface area contributed by atoms with E-state index >= 15 is 0 Å². The largest absolute Gasteiger partial charge is 0.332 e. The van der Waals surface area contributed by atoms with Gasteiger partial charge < -0.3 is 9.80 Å². The number of aryl methyl sites for hydroxylation is 1. The number of carbonyl (C=O) groups excluding carboxylic acids is 2. The summed E-state index contributed by atoms with van der Waals surface area (Å²) in [5.41, 5.74) is 1.74. The Labute approximate surface area is 211 Å². The van der Waals surface area contributed by atoms with Gasteiger partial charge in [-0.05, 0) is 97.9 Å². The number of carbonyl (C=O) groups is 2. The molecule has 4 bridgehead atoms. The normalized spacial score (nSPS) is 26.5. The zero-order valence-electron chi connectivity index (χ0n) is 20.5. The molecule has 35 heavy (non-hydrogen) atoms. The average Bonchev–Trinajstić information content (AvgIpc) is 3.22. The van der Waals surface area contributed by atoms with Crippen molar-refractivity contribution in [3.05, 3.63) is 70.2 Å². The minimum Gasteiger partial charge on any atom is -0.332 e. The van der Waals surface area contributed by atoms with E-state index in [0.29, 0.717) is 37.4 Å². The van der Waals surface area contributed by atoms with E-state index in [0.717, 1.165) is 35.3 Å². The molecule has 1 aromatic heterocycles. The summed E-state index contributed by atoms with van der Waals surface area (Å²) in [6.45, 7) is 7.22. The summed E-state index contributed by atoms with van der Waals surface area (Å²) < 4.78 is 13.5. The molecule has 4 aliphatic rings. The van der Waals surface area contributed by atoms with E-state index < -0.39 is 0 Å². The number of nitrogens with zero attached hydrogens (tertiary/aromatic N) is 2. The van der Waals surface area contributed by atoms with Crippen molar-refractivity contribution < 1.29 is 14.0 Å². The van der Waals surface area contributed by atoms with Crippen molar-refractivity contribution >= 4 is 23.2 Å². The molecule has 4 saturated carbocycles. The van der Waals surface area contributed by atoms with Crippen molar-refractivity contribution in [2.45, 2.75) is 58.5 Å². The van der Waals surface area contributed by atoms with Crippen LogP contribution in [0.3, 0.4) is 0 Å². The molecule has 0 radical (unpaired) electrons. The van der Waals surface area contributed by atoms with Gasteiger partial charge in [0.15, 0.2) is 0 Å². The number of amides is 2. The van der Waals surface area contributed by atoms with Crippen LogP contribution in [-0.2, 0) is 22.7 Å². The van der Waals surface area contributed by atoms with Gasteiger partial charge in [0.05, 0.1) is 12.0 Å². The summed E-state index contributed by atoms with van der Waals surface area (Å²) in [5, 5.41) is 2.03. The standard InChI is InChI=1S/C29H35FN2O2S/c1-3-9-31(28(34)29-14-22-11-23(15-29)13-24(12-22)16-29)19-27(33)32(18-26-20(2)8-10-35-26)17-21-4-6-25(30)7-5-21/h3-8,10,22-24H,1,9,11-19H2,2H3. The Hall–Kier alpha value is -2.47. The van der Waals surface area contributed by atoms with Crippen LogP contribution in [-0.4, -0.2) is 34.7 Å². The van der Waals surface area contributed by atoms with E-state index in [2.05, 4.69) is 12.6 Å². The van der Waals surface area contributed by atoms with Crippen molar-refractivity contribution in [1.82, 2.24) is 9.80 Å². The molecule has 4 aliphatic carbocycles. The van der Waals surface area contributed by atoms with E-state index in [1.54, 1.807) is 39.3 Å². The lowest BCUT2D eigenvalue weighted by molar-refractivity contribution is -0.159. The maximum atomic E-state index is 14.0. The molecule has 0 spiro atoms. The minimum atomic E-state index is -0.293. The predicted octanol–water partition coefficient (Wildman–Crippen LogP) is 5.96. The van der Waals surface area contributed by atoms with Crippen LogP contribution in [0.5, 0.6) is 0 Å². The van der Waals surface area contributed by atoms with Crippen molar-refractivity contribution in [2.75, 3.05) is 13.1 Å². The number of hydrogen-bond acceptors (Lipinski definition) is 3. The van der Waals surface area contributed by atoms with Crippen molar-refractivity contribution in [3.63, 3.8) is 0 Å². The van der Waals surface area contributed by atoms with Crippen molar-refractivity contribution in [1.29, 1.82) is 0 Å². The van der Waals surface area contributed by atoms with Crippen LogP contribution in [0.15, 0.2) is 48.4 Å². The fourth-order valence-corrected chi connectivity index (χ4v) is 8.05. The van der Waals surface area contributed by atoms with Crippen LogP contribution in [0.25, 0.3) is 0 Å². The highest BCUT2D eigenvalue weighted by Gasteiger charge is 2.55. The van der Waals surface area contributed by atoms with E-state index in [9.17, 15) is 14.0 Å². The highest BCUT2D eigenvalue weighted by molar-refractivity contribution is 7.10. The molecule has 186 valence electrons. The molecule has 1 aromatic carbocycles. The number of halogens is 1. The summed E-state index contributed by atoms with van der Waals surface area (Å²) in [4.78, 5) is 32.4. The first kappa shape index (κ1) is 24.2. The molecule has 0 atom stereocenters. The highest BCUT2D eigenvalue weighted by atomic mass is 32.1. The summed E-state index contributed by atoms with van der Waals surface area (Å²) in [5.74, 6) is 1.79. The Bertz CT molecular complexity index is 1060. The minimum absolute atomic E-state index is 0.0538. The van der Waals surface area contributed by atoms with E-state index in [4.69, 9.17) is 0 Å². The number of thiophene rings is 1. The fourth-order valence-electron chi connectivity index (χ4n) is 7.13. The van der Waals surface area contributed by atoms with Crippen LogP contribution in [0.4, 0.5) is 4.39 Å². The second-order valence-electron chi connectivity index (χ2n) is 11.1. The molecule has 6 rings (SSSR count). The maximum Gasteiger partial charge on any atom is 0.242 e. The summed E-state index contributed by atoms with van der Waals surface area (Å²) in [6.07, 6.45) is 8.50. The van der Waals surface area contributed by atoms with Gasteiger partial charge in [-0.3, -0.25) is 9.59 Å². The summed E-state index contributed by atoms with van der Waals surface area (Å²) in [6, 6.07) is 8.35. The molecule has 0 unspecified atom stereocenters. The quantitative estimate of drug-likeness (QED) is 0.404. The Balaban J connectivity index is 1.35. The Kier molecular flexibility index (Phi) is 6.84. The molecule has 2 aromatic rings. The molecule has 1 heterocycles. The average molecular weight is 495 g/mol. The third-order valence-electron chi connectivity index (χ3n) is 8.40. The first-order valence-corrected chi connectivity index (χ1v) is 13.7. The first-order valence-electron chi connectivity index (χ1n) is 12.8. The molecule has 0 N–H and O–H groups in total. The predicted molar refractivity (Wildman–Crippen MR) is 137 cm³/mol. The highest BCUT2D eigenvalue weighted by Crippen LogP contribution is 2.60. The van der Waals surface area contributed by atoms with Gasteiger partial charge in [-0.25, -0.2) is 4.39 Å². The van der Waals surface area contributed by atoms with Gasteiger partial charge in [-0.1, -0.05) is 18.2 Å². The number of hydrogen-bond donors (Lipinski definition) is 0. The zero-order chi connectivity index (χ0) is 24.6. The Morgan fingerprint density at radius 2 is 1.66 bits per heavy atom. The molecule has 0 aliphatic heterocycles. The van der Waals surface area contributed by atoms with Crippen LogP contribution in [0.2, 0.25) is 0 Å². The lowest BCUT2D eigenvalue weighted by Gasteiger charge is -2.56. The van der Waals surface area contributed by atoms with E-state index in [-0.39, 0.29) is 29.6 Å². The molecule has 6 heteroatoms. The van der Waals surface area contributed by atoms with Crippen LogP contribution in [0, 0.1) is 35.9 Å². The van der Waals surface area contributed by atoms with Crippen molar-refractivity contribution in [3.8, 4) is 0 Å². The zero-order valence-corrected chi connectivity index (χ0v) is 21.4. The van der Waals surface area contributed by atoms with E-state index in [1.165, 1.54) is 31.4 Å². The molecule has 2 amide bonds. The molecule has 4 nitrogen and oxygen atoms in total. The Morgan fingerprint density at radius 1 is 1.03 bits per heavy atom. The lowest BCUT2D eigenvalue weighted by Crippen LogP contribution is -2.56. The maximum absolute atomic E-state index is 14.0. The monoisotopic (exact) mass is 494 g/mol. The third-order valence-corrected chi connectivity index (χ3v) is 9.40. The summed E-state index contributed by atoms with van der Waals surface area (Å²) >= 11 is 1.63. The molecular weight excluding hydrogens is 459 g/mol. The third kappa shape index (κ3) is 5.09. The smallest absolute Gasteiger partial charge is 0.242 e. The van der Waals surface area contributed by atoms with Crippen LogP contribution < -0.4 is 0 Å². The second-order valence-corrected chi connectivity index (χ2v) is 12.1. The van der Waals surface area contributed by atoms with Gasteiger partial charge >= 0.3 is 0 Å². The van der Waals surface area contributed by atoms with Crippen molar-refractivity contribution in [2.24, 2.45) is 23.2 Å².